The van der Waals surface area contributed by atoms with Gasteiger partial charge in [0.1, 0.15) is 11.3 Å². The lowest BCUT2D eigenvalue weighted by Crippen LogP contribution is -2.12. The van der Waals surface area contributed by atoms with E-state index in [2.05, 4.69) is 15.3 Å². The monoisotopic (exact) mass is 255 g/mol. The highest BCUT2D eigenvalue weighted by Gasteiger charge is 2.14. The summed E-state index contributed by atoms with van der Waals surface area (Å²) in [6.07, 6.45) is 3.17. The Morgan fingerprint density at radius 3 is 2.89 bits per heavy atom. The number of amides is 1. The van der Waals surface area contributed by atoms with Crippen molar-refractivity contribution >= 4 is 22.6 Å². The number of halogens is 1. The number of pyridine rings is 1. The fourth-order valence-corrected chi connectivity index (χ4v) is 1.88. The molecule has 0 bridgehead atoms. The first-order valence-electron chi connectivity index (χ1n) is 5.73. The van der Waals surface area contributed by atoms with Crippen LogP contribution >= 0.6 is 0 Å². The molecule has 5 heteroatoms. The van der Waals surface area contributed by atoms with E-state index in [-0.39, 0.29) is 5.69 Å². The number of carbonyl (C=O) groups excluding carboxylic acids is 1. The highest BCUT2D eigenvalue weighted by Crippen LogP contribution is 2.18. The van der Waals surface area contributed by atoms with Crippen LogP contribution in [0.15, 0.2) is 48.8 Å². The molecule has 0 spiro atoms. The van der Waals surface area contributed by atoms with Crippen LogP contribution < -0.4 is 5.32 Å². The number of carbonyl (C=O) groups is 1. The zero-order chi connectivity index (χ0) is 13.2. The molecular weight excluding hydrogens is 245 g/mol. The van der Waals surface area contributed by atoms with Crippen LogP contribution in [-0.4, -0.2) is 15.9 Å². The Bertz CT molecular complexity index is 751. The zero-order valence-corrected chi connectivity index (χ0v) is 9.85. The van der Waals surface area contributed by atoms with E-state index in [1.807, 2.05) is 6.07 Å². The van der Waals surface area contributed by atoms with Gasteiger partial charge in [0.2, 0.25) is 0 Å². The number of benzene rings is 1. The van der Waals surface area contributed by atoms with Gasteiger partial charge in [-0.05, 0) is 24.3 Å². The summed E-state index contributed by atoms with van der Waals surface area (Å²) in [6.45, 7) is 0. The van der Waals surface area contributed by atoms with Crippen LogP contribution in [0.4, 0.5) is 10.1 Å². The smallest absolute Gasteiger partial charge is 0.259 e. The summed E-state index contributed by atoms with van der Waals surface area (Å²) in [5.41, 5.74) is 1.87. The molecule has 0 atom stereocenters. The summed E-state index contributed by atoms with van der Waals surface area (Å²) in [4.78, 5) is 19.2. The number of para-hydroxylation sites is 1. The van der Waals surface area contributed by atoms with Crippen LogP contribution in [0, 0.1) is 5.82 Å². The molecule has 4 nitrogen and oxygen atoms in total. The van der Waals surface area contributed by atoms with Crippen LogP contribution in [0.2, 0.25) is 0 Å². The van der Waals surface area contributed by atoms with Crippen molar-refractivity contribution in [1.29, 1.82) is 0 Å². The largest absolute Gasteiger partial charge is 0.359 e. The molecule has 0 saturated heterocycles. The molecule has 19 heavy (non-hydrogen) atoms. The minimum Gasteiger partial charge on any atom is -0.359 e. The summed E-state index contributed by atoms with van der Waals surface area (Å²) in [5, 5.41) is 2.53. The minimum atomic E-state index is -0.469. The fourth-order valence-electron chi connectivity index (χ4n) is 1.88. The molecule has 1 aromatic carbocycles. The predicted molar refractivity (Wildman–Crippen MR) is 70.4 cm³/mol. The van der Waals surface area contributed by atoms with Gasteiger partial charge in [-0.3, -0.25) is 9.78 Å². The normalized spacial score (nSPS) is 10.6. The molecule has 0 aliphatic rings. The molecule has 3 rings (SSSR count). The fraction of sp³-hybridized carbons (Fsp3) is 0. The van der Waals surface area contributed by atoms with E-state index in [9.17, 15) is 9.18 Å². The summed E-state index contributed by atoms with van der Waals surface area (Å²) in [7, 11) is 0. The third-order valence-electron chi connectivity index (χ3n) is 2.80. The lowest BCUT2D eigenvalue weighted by atomic mass is 10.2. The first kappa shape index (κ1) is 11.4. The number of hydrogen-bond acceptors (Lipinski definition) is 2. The van der Waals surface area contributed by atoms with Gasteiger partial charge in [-0.15, -0.1) is 0 Å². The Labute approximate surface area is 108 Å². The van der Waals surface area contributed by atoms with Crippen molar-refractivity contribution in [2.45, 2.75) is 0 Å². The number of nitrogens with one attached hydrogen (secondary N) is 2. The van der Waals surface area contributed by atoms with Crippen molar-refractivity contribution in [3.05, 3.63) is 60.2 Å². The molecule has 0 aliphatic carbocycles. The Balaban J connectivity index is 1.95. The molecule has 0 aliphatic heterocycles. The standard InChI is InChI=1S/C14H10FN3O/c15-10-4-1-2-5-11(10)18-14(19)9-8-17-12-6-3-7-16-13(9)12/h1-8,17H,(H,18,19). The quantitative estimate of drug-likeness (QED) is 0.739. The van der Waals surface area contributed by atoms with E-state index < -0.39 is 11.7 Å². The zero-order valence-electron chi connectivity index (χ0n) is 9.85. The number of H-pyrrole nitrogens is 1. The van der Waals surface area contributed by atoms with E-state index in [4.69, 9.17) is 0 Å². The molecule has 2 heterocycles. The summed E-state index contributed by atoms with van der Waals surface area (Å²) < 4.78 is 13.5. The van der Waals surface area contributed by atoms with Crippen LogP contribution in [-0.2, 0) is 0 Å². The van der Waals surface area contributed by atoms with Gasteiger partial charge in [-0.25, -0.2) is 4.39 Å². The van der Waals surface area contributed by atoms with Crippen LogP contribution in [0.25, 0.3) is 11.0 Å². The van der Waals surface area contributed by atoms with Crippen molar-refractivity contribution in [3.8, 4) is 0 Å². The SMILES string of the molecule is O=C(Nc1ccccc1F)c1c[nH]c2cccnc12. The number of rotatable bonds is 2. The van der Waals surface area contributed by atoms with Crippen LogP contribution in [0.5, 0.6) is 0 Å². The van der Waals surface area contributed by atoms with E-state index in [0.717, 1.165) is 5.52 Å². The highest BCUT2D eigenvalue weighted by atomic mass is 19.1. The van der Waals surface area contributed by atoms with Crippen LogP contribution in [0.3, 0.4) is 0 Å². The average molecular weight is 255 g/mol. The summed E-state index contributed by atoms with van der Waals surface area (Å²) in [5.74, 6) is -0.862. The summed E-state index contributed by atoms with van der Waals surface area (Å²) >= 11 is 0. The average Bonchev–Trinajstić information content (AvgIpc) is 2.85. The maximum Gasteiger partial charge on any atom is 0.259 e. The Hall–Kier alpha value is -2.69. The van der Waals surface area contributed by atoms with Crippen molar-refractivity contribution in [2.24, 2.45) is 0 Å². The second kappa shape index (κ2) is 4.53. The van der Waals surface area contributed by atoms with Crippen molar-refractivity contribution in [2.75, 3.05) is 5.32 Å². The lowest BCUT2D eigenvalue weighted by molar-refractivity contribution is 0.102. The van der Waals surface area contributed by atoms with Gasteiger partial charge in [-0.2, -0.15) is 0 Å². The number of anilines is 1. The first-order chi connectivity index (χ1) is 9.25. The van der Waals surface area contributed by atoms with Crippen molar-refractivity contribution in [3.63, 3.8) is 0 Å². The minimum absolute atomic E-state index is 0.151. The highest BCUT2D eigenvalue weighted by molar-refractivity contribution is 6.11. The number of hydrogen-bond donors (Lipinski definition) is 2. The van der Waals surface area contributed by atoms with Gasteiger partial charge in [0.25, 0.3) is 5.91 Å². The van der Waals surface area contributed by atoms with Gasteiger partial charge < -0.3 is 10.3 Å². The lowest BCUT2D eigenvalue weighted by Gasteiger charge is -2.04. The molecule has 3 aromatic rings. The Morgan fingerprint density at radius 1 is 1.21 bits per heavy atom. The van der Waals surface area contributed by atoms with E-state index in [1.165, 1.54) is 12.1 Å². The second-order valence-corrected chi connectivity index (χ2v) is 4.04. The Morgan fingerprint density at radius 2 is 2.05 bits per heavy atom. The number of fused-ring (bicyclic) bond motifs is 1. The maximum absolute atomic E-state index is 13.5. The molecule has 0 fully saturated rings. The van der Waals surface area contributed by atoms with Gasteiger partial charge in [0.15, 0.2) is 0 Å². The van der Waals surface area contributed by atoms with Gasteiger partial charge in [0.05, 0.1) is 16.8 Å². The molecule has 0 unspecified atom stereocenters. The van der Waals surface area contributed by atoms with E-state index in [0.29, 0.717) is 11.1 Å². The molecule has 2 aromatic heterocycles. The molecular formula is C14H10FN3O. The third-order valence-corrected chi connectivity index (χ3v) is 2.80. The van der Waals surface area contributed by atoms with E-state index >= 15 is 0 Å². The number of nitrogens with zero attached hydrogens (tertiary/aromatic N) is 1. The third kappa shape index (κ3) is 2.06. The number of aromatic amines is 1. The van der Waals surface area contributed by atoms with Crippen molar-refractivity contribution < 1.29 is 9.18 Å². The molecule has 1 amide bonds. The Kier molecular flexibility index (Phi) is 2.72. The second-order valence-electron chi connectivity index (χ2n) is 4.04. The molecule has 0 saturated carbocycles. The van der Waals surface area contributed by atoms with Crippen LogP contribution in [0.1, 0.15) is 10.4 Å². The topological polar surface area (TPSA) is 57.8 Å². The summed E-state index contributed by atoms with van der Waals surface area (Å²) in [6, 6.07) is 9.63. The van der Waals surface area contributed by atoms with E-state index in [1.54, 1.807) is 30.6 Å². The predicted octanol–water partition coefficient (Wildman–Crippen LogP) is 2.95. The molecule has 2 N–H and O–H groups in total. The van der Waals surface area contributed by atoms with Gasteiger partial charge in [0, 0.05) is 12.4 Å². The molecule has 94 valence electrons. The first-order valence-corrected chi connectivity index (χ1v) is 5.73. The molecule has 0 radical (unpaired) electrons. The van der Waals surface area contributed by atoms with Crippen molar-refractivity contribution in [1.82, 2.24) is 9.97 Å². The number of aromatic nitrogens is 2. The maximum atomic E-state index is 13.5. The van der Waals surface area contributed by atoms with Gasteiger partial charge >= 0.3 is 0 Å². The van der Waals surface area contributed by atoms with Gasteiger partial charge in [-0.1, -0.05) is 12.1 Å².